The maximum absolute atomic E-state index is 13.3. The lowest BCUT2D eigenvalue weighted by molar-refractivity contribution is 0.0417. The standard InChI is InChI=1S/C20H29N5O5S/c1-13-9-25(14(2)11-26)20(27)15-6-5-7-16(19(15)30-17(13)8-21-3)23-31(28,29)18-10-24(4)12-22-18/h5-7,10,12-14,17,21,23,26H,8-9,11H2,1-4H3/t13-,14+,17-/m0/s1. The van der Waals surface area contributed by atoms with Gasteiger partial charge in [-0.3, -0.25) is 9.52 Å². The zero-order valence-electron chi connectivity index (χ0n) is 18.1. The van der Waals surface area contributed by atoms with Crippen LogP contribution in [0.15, 0.2) is 35.7 Å². The molecule has 10 nitrogen and oxygen atoms in total. The molecule has 0 fully saturated rings. The van der Waals surface area contributed by atoms with Crippen LogP contribution in [-0.2, 0) is 17.1 Å². The van der Waals surface area contributed by atoms with E-state index in [0.29, 0.717) is 13.1 Å². The van der Waals surface area contributed by atoms with E-state index < -0.39 is 16.1 Å². The fraction of sp³-hybridized carbons (Fsp3) is 0.500. The first-order valence-electron chi connectivity index (χ1n) is 10.0. The van der Waals surface area contributed by atoms with Crippen LogP contribution in [0.1, 0.15) is 24.2 Å². The summed E-state index contributed by atoms with van der Waals surface area (Å²) < 4.78 is 35.9. The van der Waals surface area contributed by atoms with E-state index in [1.165, 1.54) is 17.1 Å². The molecule has 0 aliphatic carbocycles. The fourth-order valence-electron chi connectivity index (χ4n) is 3.49. The number of nitrogens with zero attached hydrogens (tertiary/aromatic N) is 3. The van der Waals surface area contributed by atoms with Crippen molar-refractivity contribution in [1.82, 2.24) is 19.8 Å². The van der Waals surface area contributed by atoms with Gasteiger partial charge in [0.15, 0.2) is 10.8 Å². The second-order valence-corrected chi connectivity index (χ2v) is 9.47. The molecule has 31 heavy (non-hydrogen) atoms. The molecule has 3 N–H and O–H groups in total. The van der Waals surface area contributed by atoms with E-state index in [2.05, 4.69) is 15.0 Å². The van der Waals surface area contributed by atoms with Crippen molar-refractivity contribution >= 4 is 21.6 Å². The van der Waals surface area contributed by atoms with Gasteiger partial charge < -0.3 is 24.6 Å². The Balaban J connectivity index is 2.08. The number of carbonyl (C=O) groups is 1. The monoisotopic (exact) mass is 451 g/mol. The van der Waals surface area contributed by atoms with Gasteiger partial charge in [-0.05, 0) is 26.1 Å². The van der Waals surface area contributed by atoms with Crippen LogP contribution >= 0.6 is 0 Å². The van der Waals surface area contributed by atoms with Crippen LogP contribution in [-0.4, -0.2) is 72.8 Å². The van der Waals surface area contributed by atoms with Crippen molar-refractivity contribution in [3.8, 4) is 5.75 Å². The Morgan fingerprint density at radius 3 is 2.74 bits per heavy atom. The van der Waals surface area contributed by atoms with E-state index in [1.54, 1.807) is 44.1 Å². The smallest absolute Gasteiger partial charge is 0.281 e. The third-order valence-corrected chi connectivity index (χ3v) is 6.55. The SMILES string of the molecule is CNC[C@@H]1Oc2c(NS(=O)(=O)c3cn(C)cn3)cccc2C(=O)N([C@H](C)CO)C[C@@H]1C. The van der Waals surface area contributed by atoms with Gasteiger partial charge in [-0.25, -0.2) is 4.98 Å². The molecule has 2 aromatic rings. The molecule has 3 rings (SSSR count). The van der Waals surface area contributed by atoms with E-state index in [1.807, 2.05) is 6.92 Å². The van der Waals surface area contributed by atoms with E-state index in [4.69, 9.17) is 4.74 Å². The number of ether oxygens (including phenoxy) is 1. The Hall–Kier alpha value is -2.63. The maximum atomic E-state index is 13.3. The minimum Gasteiger partial charge on any atom is -0.486 e. The van der Waals surface area contributed by atoms with Gasteiger partial charge in [-0.1, -0.05) is 13.0 Å². The number of fused-ring (bicyclic) bond motifs is 1. The van der Waals surface area contributed by atoms with Gasteiger partial charge >= 0.3 is 0 Å². The average molecular weight is 452 g/mol. The van der Waals surface area contributed by atoms with Crippen molar-refractivity contribution in [3.63, 3.8) is 0 Å². The largest absolute Gasteiger partial charge is 0.486 e. The highest BCUT2D eigenvalue weighted by atomic mass is 32.2. The van der Waals surface area contributed by atoms with E-state index >= 15 is 0 Å². The molecular formula is C20H29N5O5S. The van der Waals surface area contributed by atoms with Crippen LogP contribution in [0.25, 0.3) is 0 Å². The molecule has 3 atom stereocenters. The molecule has 0 radical (unpaired) electrons. The predicted octanol–water partition coefficient (Wildman–Crippen LogP) is 0.660. The summed E-state index contributed by atoms with van der Waals surface area (Å²) in [6.07, 6.45) is 2.45. The predicted molar refractivity (Wildman–Crippen MR) is 116 cm³/mol. The summed E-state index contributed by atoms with van der Waals surface area (Å²) in [5.41, 5.74) is 0.387. The molecule has 1 aliphatic heterocycles. The topological polar surface area (TPSA) is 126 Å². The second kappa shape index (κ2) is 9.25. The third-order valence-electron chi connectivity index (χ3n) is 5.30. The Morgan fingerprint density at radius 1 is 1.39 bits per heavy atom. The molecule has 0 saturated heterocycles. The lowest BCUT2D eigenvalue weighted by Crippen LogP contribution is -2.49. The molecule has 1 aliphatic rings. The first-order valence-corrected chi connectivity index (χ1v) is 11.5. The van der Waals surface area contributed by atoms with Crippen molar-refractivity contribution in [3.05, 3.63) is 36.3 Å². The minimum atomic E-state index is -3.98. The summed E-state index contributed by atoms with van der Waals surface area (Å²) in [5, 5.41) is 12.6. The maximum Gasteiger partial charge on any atom is 0.281 e. The van der Waals surface area contributed by atoms with Crippen molar-refractivity contribution in [1.29, 1.82) is 0 Å². The highest BCUT2D eigenvalue weighted by Crippen LogP contribution is 2.35. The highest BCUT2D eigenvalue weighted by Gasteiger charge is 2.34. The number of hydrogen-bond donors (Lipinski definition) is 3. The zero-order valence-corrected chi connectivity index (χ0v) is 18.9. The minimum absolute atomic E-state index is 0.0704. The lowest BCUT2D eigenvalue weighted by atomic mass is 9.99. The summed E-state index contributed by atoms with van der Waals surface area (Å²) >= 11 is 0. The van der Waals surface area contributed by atoms with Gasteiger partial charge in [0.2, 0.25) is 0 Å². The van der Waals surface area contributed by atoms with Gasteiger partial charge in [0.05, 0.1) is 30.2 Å². The van der Waals surface area contributed by atoms with Crippen LogP contribution in [0, 0.1) is 5.92 Å². The number of benzene rings is 1. The summed E-state index contributed by atoms with van der Waals surface area (Å²) in [6, 6.07) is 4.34. The van der Waals surface area contributed by atoms with Gasteiger partial charge in [-0.2, -0.15) is 8.42 Å². The highest BCUT2D eigenvalue weighted by molar-refractivity contribution is 7.92. The molecule has 0 spiro atoms. The normalized spacial score (nSPS) is 20.4. The fourth-order valence-corrected chi connectivity index (χ4v) is 4.54. The molecule has 11 heteroatoms. The van der Waals surface area contributed by atoms with E-state index in [0.717, 1.165) is 0 Å². The lowest BCUT2D eigenvalue weighted by Gasteiger charge is -2.37. The number of amides is 1. The van der Waals surface area contributed by atoms with Crippen LogP contribution in [0.3, 0.4) is 0 Å². The number of aliphatic hydroxyl groups excluding tert-OH is 1. The number of aryl methyl sites for hydroxylation is 1. The Labute approximate surface area is 182 Å². The van der Waals surface area contributed by atoms with Crippen LogP contribution in [0.5, 0.6) is 5.75 Å². The Morgan fingerprint density at radius 2 is 2.13 bits per heavy atom. The van der Waals surface area contributed by atoms with Crippen molar-refractivity contribution in [2.24, 2.45) is 13.0 Å². The van der Waals surface area contributed by atoms with E-state index in [9.17, 15) is 18.3 Å². The first kappa shape index (κ1) is 23.0. The number of para-hydroxylation sites is 1. The number of imidazole rings is 1. The average Bonchev–Trinajstić information content (AvgIpc) is 3.18. The number of anilines is 1. The Kier molecular flexibility index (Phi) is 6.87. The molecule has 1 amide bonds. The number of likely N-dealkylation sites (N-methyl/N-ethyl adjacent to an activating group) is 1. The number of rotatable bonds is 7. The van der Waals surface area contributed by atoms with Gasteiger partial charge in [0.25, 0.3) is 15.9 Å². The van der Waals surface area contributed by atoms with Crippen LogP contribution in [0.2, 0.25) is 0 Å². The number of nitrogens with one attached hydrogen (secondary N) is 2. The van der Waals surface area contributed by atoms with E-state index in [-0.39, 0.29) is 46.6 Å². The summed E-state index contributed by atoms with van der Waals surface area (Å²) in [7, 11) is -0.515. The van der Waals surface area contributed by atoms with Crippen LogP contribution < -0.4 is 14.8 Å². The quantitative estimate of drug-likeness (QED) is 0.565. The molecule has 2 heterocycles. The number of aliphatic hydroxyl groups is 1. The second-order valence-electron chi connectivity index (χ2n) is 7.85. The number of hydrogen-bond acceptors (Lipinski definition) is 7. The molecule has 0 saturated carbocycles. The molecule has 1 aromatic heterocycles. The molecule has 0 bridgehead atoms. The third kappa shape index (κ3) is 4.83. The first-order chi connectivity index (χ1) is 14.7. The number of carbonyl (C=O) groups excluding carboxylic acids is 1. The Bertz CT molecular complexity index is 1040. The van der Waals surface area contributed by atoms with Crippen molar-refractivity contribution in [2.45, 2.75) is 31.0 Å². The molecule has 0 unspecified atom stereocenters. The zero-order chi connectivity index (χ0) is 22.8. The molecule has 170 valence electrons. The van der Waals surface area contributed by atoms with Crippen molar-refractivity contribution < 1.29 is 23.1 Å². The summed E-state index contributed by atoms with van der Waals surface area (Å²) in [4.78, 5) is 18.8. The molecular weight excluding hydrogens is 422 g/mol. The van der Waals surface area contributed by atoms with Gasteiger partial charge in [-0.15, -0.1) is 0 Å². The summed E-state index contributed by atoms with van der Waals surface area (Å²) in [6.45, 7) is 4.44. The van der Waals surface area contributed by atoms with Gasteiger partial charge in [0.1, 0.15) is 6.10 Å². The summed E-state index contributed by atoms with van der Waals surface area (Å²) in [5.74, 6) is -0.238. The van der Waals surface area contributed by atoms with Crippen LogP contribution in [0.4, 0.5) is 5.69 Å². The van der Waals surface area contributed by atoms with Gasteiger partial charge in [0, 0.05) is 32.3 Å². The number of sulfonamides is 1. The molecule has 1 aromatic carbocycles. The number of aromatic nitrogens is 2. The van der Waals surface area contributed by atoms with Crippen molar-refractivity contribution in [2.75, 3.05) is 31.5 Å².